The summed E-state index contributed by atoms with van der Waals surface area (Å²) < 4.78 is 47.5. The number of rotatable bonds is 6. The number of nitriles is 1. The third-order valence-electron chi connectivity index (χ3n) is 5.65. The number of methoxy groups -OCH3 is 1. The van der Waals surface area contributed by atoms with Crippen LogP contribution >= 0.6 is 0 Å². The van der Waals surface area contributed by atoms with Crippen molar-refractivity contribution in [3.8, 4) is 11.8 Å². The summed E-state index contributed by atoms with van der Waals surface area (Å²) >= 11 is 0. The maximum atomic E-state index is 14.7. The zero-order chi connectivity index (χ0) is 23.2. The molecule has 1 fully saturated rings. The topological polar surface area (TPSA) is 92.8 Å². The van der Waals surface area contributed by atoms with Crippen LogP contribution in [0.2, 0.25) is 0 Å². The number of benzene rings is 1. The highest BCUT2D eigenvalue weighted by Crippen LogP contribution is 2.43. The molecule has 3 aromatic rings. The van der Waals surface area contributed by atoms with Gasteiger partial charge in [-0.25, -0.2) is 23.1 Å². The summed E-state index contributed by atoms with van der Waals surface area (Å²) in [6.45, 7) is 3.23. The van der Waals surface area contributed by atoms with Crippen molar-refractivity contribution in [1.29, 1.82) is 5.26 Å². The molecule has 1 saturated carbocycles. The third kappa shape index (κ3) is 3.43. The zero-order valence-electron chi connectivity index (χ0n) is 17.6. The van der Waals surface area contributed by atoms with Crippen molar-refractivity contribution in [3.63, 3.8) is 0 Å². The lowest BCUT2D eigenvalue weighted by Gasteiger charge is -2.20. The molecule has 0 radical (unpaired) electrons. The summed E-state index contributed by atoms with van der Waals surface area (Å²) in [5, 5.41) is 13.0. The average Bonchev–Trinajstić information content (AvgIpc) is 3.54. The van der Waals surface area contributed by atoms with Gasteiger partial charge >= 0.3 is 0 Å². The Morgan fingerprint density at radius 3 is 2.56 bits per heavy atom. The average molecular weight is 443 g/mol. The maximum absolute atomic E-state index is 14.7. The quantitative estimate of drug-likeness (QED) is 0.608. The van der Waals surface area contributed by atoms with Gasteiger partial charge in [0.1, 0.15) is 28.5 Å². The van der Waals surface area contributed by atoms with Crippen molar-refractivity contribution in [2.24, 2.45) is 0 Å². The van der Waals surface area contributed by atoms with Crippen LogP contribution in [0, 0.1) is 24.1 Å². The van der Waals surface area contributed by atoms with Gasteiger partial charge in [-0.3, -0.25) is 9.36 Å². The van der Waals surface area contributed by atoms with Gasteiger partial charge in [0.15, 0.2) is 0 Å². The van der Waals surface area contributed by atoms with E-state index < -0.39 is 34.9 Å². The van der Waals surface area contributed by atoms with Crippen LogP contribution < -0.4 is 15.6 Å². The molecule has 32 heavy (non-hydrogen) atoms. The first-order valence-electron chi connectivity index (χ1n) is 9.95. The Balaban J connectivity index is 1.87. The van der Waals surface area contributed by atoms with Gasteiger partial charge in [-0.15, -0.1) is 0 Å². The standard InChI is InChI=1S/C22H20F3N5O2/c1-11(13-5-4-6-14(16(13)23)19(24)25)27-20-15-9-30(22(10-26)7-8-22)21(31)18(32-3)17(15)28-12(2)29-20/h4-6,9,11,19H,7-8H2,1-3H3,(H,27,28,29). The van der Waals surface area contributed by atoms with E-state index in [1.165, 1.54) is 30.0 Å². The molecular formula is C22H20F3N5O2. The number of pyridine rings is 1. The summed E-state index contributed by atoms with van der Waals surface area (Å²) in [5.74, 6) is -0.432. The normalized spacial score (nSPS) is 15.4. The summed E-state index contributed by atoms with van der Waals surface area (Å²) in [5.41, 5.74) is -1.83. The predicted octanol–water partition coefficient (Wildman–Crippen LogP) is 4.37. The van der Waals surface area contributed by atoms with Gasteiger partial charge in [-0.05, 0) is 26.7 Å². The van der Waals surface area contributed by atoms with Crippen molar-refractivity contribution in [2.45, 2.75) is 44.7 Å². The lowest BCUT2D eigenvalue weighted by molar-refractivity contribution is 0.146. The molecule has 0 saturated heterocycles. The number of ether oxygens (including phenoxy) is 1. The molecule has 1 unspecified atom stereocenters. The zero-order valence-corrected chi connectivity index (χ0v) is 17.6. The van der Waals surface area contributed by atoms with E-state index in [9.17, 15) is 23.2 Å². The predicted molar refractivity (Wildman–Crippen MR) is 111 cm³/mol. The largest absolute Gasteiger partial charge is 0.490 e. The minimum atomic E-state index is -2.94. The molecule has 2 heterocycles. The van der Waals surface area contributed by atoms with E-state index in [-0.39, 0.29) is 22.6 Å². The molecule has 1 aromatic carbocycles. The fourth-order valence-corrected chi connectivity index (χ4v) is 3.77. The second kappa shape index (κ2) is 7.82. The van der Waals surface area contributed by atoms with Crippen molar-refractivity contribution < 1.29 is 17.9 Å². The maximum Gasteiger partial charge on any atom is 0.296 e. The number of anilines is 1. The number of alkyl halides is 2. The fourth-order valence-electron chi connectivity index (χ4n) is 3.77. The Kier molecular flexibility index (Phi) is 5.28. The van der Waals surface area contributed by atoms with Crippen LogP contribution in [-0.2, 0) is 5.54 Å². The van der Waals surface area contributed by atoms with E-state index >= 15 is 0 Å². The number of hydrogen-bond acceptors (Lipinski definition) is 6. The van der Waals surface area contributed by atoms with Gasteiger partial charge in [0.2, 0.25) is 5.75 Å². The monoisotopic (exact) mass is 443 g/mol. The SMILES string of the molecule is COc1c(=O)n(C2(C#N)CC2)cc2c(NC(C)c3cccc(C(F)F)c3F)nc(C)nc12. The molecular weight excluding hydrogens is 423 g/mol. The third-order valence-corrected chi connectivity index (χ3v) is 5.65. The number of halogens is 3. The molecule has 0 bridgehead atoms. The van der Waals surface area contributed by atoms with Crippen LogP contribution in [0.25, 0.3) is 10.9 Å². The Bertz CT molecular complexity index is 1310. The minimum absolute atomic E-state index is 0.0314. The number of aryl methyl sites for hydroxylation is 1. The Morgan fingerprint density at radius 1 is 1.28 bits per heavy atom. The van der Waals surface area contributed by atoms with E-state index in [0.29, 0.717) is 24.1 Å². The van der Waals surface area contributed by atoms with Gasteiger partial charge in [-0.1, -0.05) is 18.2 Å². The van der Waals surface area contributed by atoms with Crippen LogP contribution in [0.15, 0.2) is 29.2 Å². The highest BCUT2D eigenvalue weighted by Gasteiger charge is 2.46. The lowest BCUT2D eigenvalue weighted by Crippen LogP contribution is -2.30. The first-order chi connectivity index (χ1) is 15.2. The molecule has 1 aliphatic carbocycles. The molecule has 1 atom stereocenters. The highest BCUT2D eigenvalue weighted by molar-refractivity contribution is 5.92. The summed E-state index contributed by atoms with van der Waals surface area (Å²) in [6, 6.07) is 5.27. The summed E-state index contributed by atoms with van der Waals surface area (Å²) in [6.07, 6.45) is -0.397. The van der Waals surface area contributed by atoms with Crippen LogP contribution in [-0.4, -0.2) is 21.6 Å². The van der Waals surface area contributed by atoms with Crippen LogP contribution in [0.1, 0.15) is 49.2 Å². The first-order valence-corrected chi connectivity index (χ1v) is 9.95. The van der Waals surface area contributed by atoms with Crippen molar-refractivity contribution >= 4 is 16.7 Å². The summed E-state index contributed by atoms with van der Waals surface area (Å²) in [7, 11) is 1.34. The van der Waals surface area contributed by atoms with Crippen LogP contribution in [0.3, 0.4) is 0 Å². The second-order valence-corrected chi connectivity index (χ2v) is 7.78. The van der Waals surface area contributed by atoms with Gasteiger partial charge < -0.3 is 10.1 Å². The minimum Gasteiger partial charge on any atom is -0.490 e. The number of aromatic nitrogens is 3. The van der Waals surface area contributed by atoms with Crippen LogP contribution in [0.4, 0.5) is 19.0 Å². The van der Waals surface area contributed by atoms with Gasteiger partial charge in [-0.2, -0.15) is 5.26 Å². The number of nitrogens with one attached hydrogen (secondary N) is 1. The molecule has 166 valence electrons. The molecule has 10 heteroatoms. The van der Waals surface area contributed by atoms with E-state index in [2.05, 4.69) is 21.4 Å². The Labute approximate surface area is 181 Å². The lowest BCUT2D eigenvalue weighted by atomic mass is 10.0. The molecule has 7 nitrogen and oxygen atoms in total. The van der Waals surface area contributed by atoms with Crippen molar-refractivity contribution in [1.82, 2.24) is 14.5 Å². The summed E-state index contributed by atoms with van der Waals surface area (Å²) in [4.78, 5) is 21.7. The van der Waals surface area contributed by atoms with Gasteiger partial charge in [0.05, 0.1) is 30.2 Å². The Hall–Kier alpha value is -3.61. The van der Waals surface area contributed by atoms with Crippen LogP contribution in [0.5, 0.6) is 5.75 Å². The first kappa shape index (κ1) is 21.6. The highest BCUT2D eigenvalue weighted by atomic mass is 19.3. The second-order valence-electron chi connectivity index (χ2n) is 7.78. The molecule has 0 spiro atoms. The van der Waals surface area contributed by atoms with Crippen molar-refractivity contribution in [3.05, 3.63) is 57.5 Å². The number of nitrogens with zero attached hydrogens (tertiary/aromatic N) is 4. The molecule has 1 N–H and O–H groups in total. The molecule has 0 aliphatic heterocycles. The number of hydrogen-bond donors (Lipinski definition) is 1. The van der Waals surface area contributed by atoms with E-state index in [1.54, 1.807) is 13.8 Å². The molecule has 4 rings (SSSR count). The smallest absolute Gasteiger partial charge is 0.296 e. The molecule has 2 aromatic heterocycles. The van der Waals surface area contributed by atoms with E-state index in [1.807, 2.05) is 0 Å². The Morgan fingerprint density at radius 2 is 1.97 bits per heavy atom. The fraction of sp³-hybridized carbons (Fsp3) is 0.364. The van der Waals surface area contributed by atoms with E-state index in [4.69, 9.17) is 4.74 Å². The van der Waals surface area contributed by atoms with Gasteiger partial charge in [0.25, 0.3) is 12.0 Å². The van der Waals surface area contributed by atoms with Gasteiger partial charge in [0, 0.05) is 11.8 Å². The molecule has 0 amide bonds. The van der Waals surface area contributed by atoms with Crippen molar-refractivity contribution in [2.75, 3.05) is 12.4 Å². The molecule has 1 aliphatic rings. The van der Waals surface area contributed by atoms with E-state index in [0.717, 1.165) is 6.07 Å². The number of fused-ring (bicyclic) bond motifs is 1.